The van der Waals surface area contributed by atoms with Crippen LogP contribution in [0.1, 0.15) is 13.8 Å². The first-order chi connectivity index (χ1) is 18.0. The number of esters is 2. The monoisotopic (exact) mass is 552 g/mol. The Balaban J connectivity index is 1.75. The Labute approximate surface area is 221 Å². The van der Waals surface area contributed by atoms with Gasteiger partial charge in [0, 0.05) is 13.8 Å². The number of nitrogens with zero attached hydrogens (tertiary/aromatic N) is 2. The summed E-state index contributed by atoms with van der Waals surface area (Å²) < 4.78 is 11.5. The molecule has 0 radical (unpaired) electrons. The molecule has 10 nitrogen and oxygen atoms in total. The van der Waals surface area contributed by atoms with Crippen LogP contribution in [0.15, 0.2) is 67.7 Å². The van der Waals surface area contributed by atoms with Gasteiger partial charge in [0.15, 0.2) is 0 Å². The van der Waals surface area contributed by atoms with Crippen LogP contribution in [-0.4, -0.2) is 21.1 Å². The van der Waals surface area contributed by atoms with E-state index in [0.29, 0.717) is 0 Å². The van der Waals surface area contributed by atoms with E-state index in [0.717, 1.165) is 9.13 Å². The first kappa shape index (κ1) is 25.1. The SMILES string of the molecule is CC(=O)Oc1ccc(-n2c(=O)c3c(Cl)c4c(=O)n(-c5ccc(OC(C)=O)cc5)c(=O)c4c(Cl)c3c2=O)cc1. The Bertz CT molecular complexity index is 1790. The predicted octanol–water partition coefficient (Wildman–Crippen LogP) is 3.05. The molecule has 0 aliphatic carbocycles. The van der Waals surface area contributed by atoms with Crippen LogP contribution in [0.5, 0.6) is 11.5 Å². The van der Waals surface area contributed by atoms with Gasteiger partial charge in [-0.1, -0.05) is 23.2 Å². The molecule has 0 fully saturated rings. The van der Waals surface area contributed by atoms with Crippen molar-refractivity contribution >= 4 is 56.7 Å². The second-order valence-corrected chi connectivity index (χ2v) is 8.95. The second kappa shape index (κ2) is 9.09. The molecule has 190 valence electrons. The normalized spacial score (nSPS) is 11.3. The topological polar surface area (TPSA) is 131 Å². The minimum atomic E-state index is -0.843. The van der Waals surface area contributed by atoms with Gasteiger partial charge in [0.1, 0.15) is 11.5 Å². The Hall–Kier alpha value is -4.54. The van der Waals surface area contributed by atoms with Crippen LogP contribution in [0.25, 0.3) is 32.9 Å². The van der Waals surface area contributed by atoms with Crippen LogP contribution >= 0.6 is 23.2 Å². The molecular formula is C26H14Cl2N2O8. The van der Waals surface area contributed by atoms with E-state index in [1.807, 2.05) is 0 Å². The molecule has 0 saturated heterocycles. The average Bonchev–Trinajstić information content (AvgIpc) is 3.28. The van der Waals surface area contributed by atoms with Crippen LogP contribution in [0.4, 0.5) is 0 Å². The van der Waals surface area contributed by atoms with Gasteiger partial charge in [-0.25, -0.2) is 9.13 Å². The Morgan fingerprint density at radius 2 is 0.816 bits per heavy atom. The molecule has 12 heteroatoms. The average molecular weight is 553 g/mol. The summed E-state index contributed by atoms with van der Waals surface area (Å²) in [6.07, 6.45) is 0. The third-order valence-corrected chi connectivity index (χ3v) is 6.51. The summed E-state index contributed by atoms with van der Waals surface area (Å²) in [4.78, 5) is 75.6. The molecule has 0 unspecified atom stereocenters. The zero-order valence-electron chi connectivity index (χ0n) is 19.5. The maximum atomic E-state index is 13.3. The summed E-state index contributed by atoms with van der Waals surface area (Å²) in [6.45, 7) is 2.45. The number of ether oxygens (including phenoxy) is 2. The number of carbonyl (C=O) groups excluding carboxylic acids is 2. The van der Waals surface area contributed by atoms with E-state index in [2.05, 4.69) is 0 Å². The summed E-state index contributed by atoms with van der Waals surface area (Å²) >= 11 is 13.0. The van der Waals surface area contributed by atoms with Crippen molar-refractivity contribution in [2.75, 3.05) is 0 Å². The van der Waals surface area contributed by atoms with E-state index in [1.165, 1.54) is 62.4 Å². The number of rotatable bonds is 4. The van der Waals surface area contributed by atoms with Crippen LogP contribution in [0, 0.1) is 0 Å². The van der Waals surface area contributed by atoms with Crippen molar-refractivity contribution in [1.82, 2.24) is 9.13 Å². The van der Waals surface area contributed by atoms with Crippen LogP contribution in [-0.2, 0) is 9.59 Å². The highest BCUT2D eigenvalue weighted by Gasteiger charge is 2.28. The highest BCUT2D eigenvalue weighted by Crippen LogP contribution is 2.34. The van der Waals surface area contributed by atoms with E-state index in [9.17, 15) is 28.8 Å². The standard InChI is InChI=1S/C26H14Cl2N2O8/c1-11(31)37-15-7-3-13(4-8-15)29-23(33)17-18(24(29)34)22(28)20-19(21(17)27)25(35)30(26(20)36)14-5-9-16(10-6-14)38-12(2)32/h3-10H,1-2H3. The molecule has 5 rings (SSSR count). The third-order valence-electron chi connectivity index (χ3n) is 5.76. The number of aromatic nitrogens is 2. The molecule has 2 heterocycles. The lowest BCUT2D eigenvalue weighted by atomic mass is 10.1. The summed E-state index contributed by atoms with van der Waals surface area (Å²) in [5, 5.41) is -1.99. The van der Waals surface area contributed by atoms with E-state index in [4.69, 9.17) is 32.7 Å². The smallest absolute Gasteiger partial charge is 0.308 e. The number of carbonyl (C=O) groups is 2. The maximum Gasteiger partial charge on any atom is 0.308 e. The number of benzene rings is 3. The predicted molar refractivity (Wildman–Crippen MR) is 140 cm³/mol. The van der Waals surface area contributed by atoms with Gasteiger partial charge < -0.3 is 9.47 Å². The Morgan fingerprint density at radius 1 is 0.553 bits per heavy atom. The van der Waals surface area contributed by atoms with Gasteiger partial charge in [-0.15, -0.1) is 0 Å². The fraction of sp³-hybridized carbons (Fsp3) is 0.0769. The minimum absolute atomic E-state index is 0.131. The largest absolute Gasteiger partial charge is 0.427 e. The molecule has 38 heavy (non-hydrogen) atoms. The van der Waals surface area contributed by atoms with Crippen molar-refractivity contribution in [3.63, 3.8) is 0 Å². The molecular weight excluding hydrogens is 539 g/mol. The van der Waals surface area contributed by atoms with Gasteiger partial charge in [0.05, 0.1) is 43.0 Å². The fourth-order valence-corrected chi connectivity index (χ4v) is 4.95. The summed E-state index contributed by atoms with van der Waals surface area (Å²) in [6, 6.07) is 11.1. The van der Waals surface area contributed by atoms with Gasteiger partial charge in [0.2, 0.25) is 0 Å². The van der Waals surface area contributed by atoms with Gasteiger partial charge in [0.25, 0.3) is 22.2 Å². The van der Waals surface area contributed by atoms with Crippen molar-refractivity contribution in [1.29, 1.82) is 0 Å². The Kier molecular flexibility index (Phi) is 6.01. The molecule has 3 aromatic carbocycles. The van der Waals surface area contributed by atoms with E-state index in [-0.39, 0.29) is 54.5 Å². The lowest BCUT2D eigenvalue weighted by Crippen LogP contribution is -2.24. The summed E-state index contributed by atoms with van der Waals surface area (Å²) in [5.74, 6) is -0.694. The highest BCUT2D eigenvalue weighted by atomic mass is 35.5. The van der Waals surface area contributed by atoms with Crippen LogP contribution in [0.3, 0.4) is 0 Å². The first-order valence-electron chi connectivity index (χ1n) is 10.9. The van der Waals surface area contributed by atoms with Crippen molar-refractivity contribution in [2.24, 2.45) is 0 Å². The van der Waals surface area contributed by atoms with Crippen molar-refractivity contribution < 1.29 is 19.1 Å². The maximum absolute atomic E-state index is 13.3. The zero-order valence-corrected chi connectivity index (χ0v) is 21.0. The lowest BCUT2D eigenvalue weighted by Gasteiger charge is -2.03. The molecule has 0 N–H and O–H groups in total. The van der Waals surface area contributed by atoms with E-state index >= 15 is 0 Å². The van der Waals surface area contributed by atoms with Crippen LogP contribution < -0.4 is 31.7 Å². The van der Waals surface area contributed by atoms with Gasteiger partial charge in [-0.3, -0.25) is 28.8 Å². The number of hydrogen-bond donors (Lipinski definition) is 0. The number of hydrogen-bond acceptors (Lipinski definition) is 8. The molecule has 2 aromatic heterocycles. The van der Waals surface area contributed by atoms with Gasteiger partial charge in [-0.05, 0) is 48.5 Å². The molecule has 0 atom stereocenters. The molecule has 0 amide bonds. The lowest BCUT2D eigenvalue weighted by molar-refractivity contribution is -0.132. The molecule has 0 aliphatic rings. The molecule has 0 bridgehead atoms. The van der Waals surface area contributed by atoms with Gasteiger partial charge >= 0.3 is 11.9 Å². The second-order valence-electron chi connectivity index (χ2n) is 8.19. The highest BCUT2D eigenvalue weighted by molar-refractivity contribution is 6.47. The summed E-state index contributed by atoms with van der Waals surface area (Å²) in [5.41, 5.74) is -3.11. The zero-order chi connectivity index (χ0) is 27.5. The summed E-state index contributed by atoms with van der Waals surface area (Å²) in [7, 11) is 0. The molecule has 0 spiro atoms. The fourth-order valence-electron chi connectivity index (χ4n) is 4.25. The van der Waals surface area contributed by atoms with Gasteiger partial charge in [-0.2, -0.15) is 0 Å². The third kappa shape index (κ3) is 3.82. The quantitative estimate of drug-likeness (QED) is 0.245. The van der Waals surface area contributed by atoms with Crippen LogP contribution in [0.2, 0.25) is 10.0 Å². The van der Waals surface area contributed by atoms with Crippen molar-refractivity contribution in [2.45, 2.75) is 13.8 Å². The van der Waals surface area contributed by atoms with E-state index < -0.39 is 34.2 Å². The molecule has 5 aromatic rings. The van der Waals surface area contributed by atoms with Crippen molar-refractivity contribution in [3.05, 3.63) is 100.0 Å². The minimum Gasteiger partial charge on any atom is -0.427 e. The number of halogens is 2. The van der Waals surface area contributed by atoms with Crippen molar-refractivity contribution in [3.8, 4) is 22.9 Å². The molecule has 0 saturated carbocycles. The Morgan fingerprint density at radius 3 is 1.05 bits per heavy atom. The first-order valence-corrected chi connectivity index (χ1v) is 11.7. The van der Waals surface area contributed by atoms with E-state index in [1.54, 1.807) is 0 Å². The number of fused-ring (bicyclic) bond motifs is 2. The molecule has 0 aliphatic heterocycles.